The Labute approximate surface area is 193 Å². The molecule has 1 saturated heterocycles. The van der Waals surface area contributed by atoms with E-state index in [2.05, 4.69) is 39.9 Å². The van der Waals surface area contributed by atoms with Crippen molar-refractivity contribution in [1.82, 2.24) is 24.8 Å². The second kappa shape index (κ2) is 7.15. The van der Waals surface area contributed by atoms with Gasteiger partial charge in [0.2, 0.25) is 5.88 Å². The summed E-state index contributed by atoms with van der Waals surface area (Å²) in [6, 6.07) is 6.06. The summed E-state index contributed by atoms with van der Waals surface area (Å²) < 4.78 is 7.98. The van der Waals surface area contributed by atoms with Gasteiger partial charge >= 0.3 is 0 Å². The minimum Gasteiger partial charge on any atom is -0.475 e. The summed E-state index contributed by atoms with van der Waals surface area (Å²) in [5, 5.41) is 3.18. The van der Waals surface area contributed by atoms with Crippen LogP contribution in [0.25, 0.3) is 22.5 Å². The van der Waals surface area contributed by atoms with Gasteiger partial charge in [-0.05, 0) is 57.0 Å². The average molecular weight is 444 g/mol. The van der Waals surface area contributed by atoms with Gasteiger partial charge in [0.15, 0.2) is 0 Å². The Kier molecular flexibility index (Phi) is 4.43. The first kappa shape index (κ1) is 20.4. The molecule has 7 nitrogen and oxygen atoms in total. The number of hydrogen-bond acceptors (Lipinski definition) is 5. The summed E-state index contributed by atoms with van der Waals surface area (Å²) in [5.41, 5.74) is 8.72. The van der Waals surface area contributed by atoms with Gasteiger partial charge < -0.3 is 19.5 Å². The molecule has 33 heavy (non-hydrogen) atoms. The fraction of sp³-hybridized carbons (Fsp3) is 0.423. The van der Waals surface area contributed by atoms with E-state index in [-0.39, 0.29) is 17.4 Å². The minimum atomic E-state index is 0.0102. The van der Waals surface area contributed by atoms with E-state index in [0.717, 1.165) is 42.8 Å². The van der Waals surface area contributed by atoms with Crippen LogP contribution in [0.2, 0.25) is 0 Å². The van der Waals surface area contributed by atoms with Crippen LogP contribution in [0, 0.1) is 0 Å². The van der Waals surface area contributed by atoms with Gasteiger partial charge in [-0.25, -0.2) is 4.98 Å². The molecule has 3 aromatic heterocycles. The Morgan fingerprint density at radius 1 is 1.12 bits per heavy atom. The summed E-state index contributed by atoms with van der Waals surface area (Å²) >= 11 is 0. The lowest BCUT2D eigenvalue weighted by Gasteiger charge is -2.51. The molecule has 1 spiro atoms. The molecule has 3 aliphatic rings. The monoisotopic (exact) mass is 443 g/mol. The molecular formula is C26H29N5O2. The molecule has 0 radical (unpaired) electrons. The molecule has 0 bridgehead atoms. The lowest BCUT2D eigenvalue weighted by atomic mass is 9.72. The SMILES string of the molecule is CC(C)Oc1ccc(-c2cc3c(cn2)CCc2c4c(n(C)c2-3)C2(CNC4=O)CN(C)C2)cn1. The standard InChI is InChI=1S/C26H29N5O2/c1-15(2)33-21-8-6-17(11-28-21)20-9-19-16(10-27-20)5-7-18-22-24(31(4)23(18)19)26(12-29-25(22)32)13-30(3)14-26/h6,8-11,15H,5,7,12-14H2,1-4H3,(H,29,32). The van der Waals surface area contributed by atoms with Crippen LogP contribution in [-0.4, -0.2) is 58.1 Å². The smallest absolute Gasteiger partial charge is 0.253 e. The van der Waals surface area contributed by atoms with E-state index in [9.17, 15) is 4.79 Å². The zero-order chi connectivity index (χ0) is 22.9. The van der Waals surface area contributed by atoms with Crippen molar-refractivity contribution < 1.29 is 9.53 Å². The van der Waals surface area contributed by atoms with Gasteiger partial charge in [0.1, 0.15) is 0 Å². The predicted molar refractivity (Wildman–Crippen MR) is 127 cm³/mol. The number of rotatable bonds is 3. The number of amides is 1. The maximum atomic E-state index is 13.0. The maximum absolute atomic E-state index is 13.0. The number of carbonyl (C=O) groups excluding carboxylic acids is 1. The lowest BCUT2D eigenvalue weighted by Crippen LogP contribution is -2.65. The molecule has 1 fully saturated rings. The van der Waals surface area contributed by atoms with Gasteiger partial charge in [-0.1, -0.05) is 0 Å². The number of hydrogen-bond donors (Lipinski definition) is 1. The Bertz CT molecular complexity index is 1270. The molecule has 5 heterocycles. The number of aryl methyl sites for hydroxylation is 1. The van der Waals surface area contributed by atoms with Gasteiger partial charge in [-0.2, -0.15) is 0 Å². The van der Waals surface area contributed by atoms with Crippen molar-refractivity contribution in [2.45, 2.75) is 38.2 Å². The summed E-state index contributed by atoms with van der Waals surface area (Å²) in [6.07, 6.45) is 5.66. The number of likely N-dealkylation sites (tertiary alicyclic amines) is 1. The van der Waals surface area contributed by atoms with Gasteiger partial charge in [-0.15, -0.1) is 0 Å². The van der Waals surface area contributed by atoms with E-state index in [4.69, 9.17) is 9.72 Å². The van der Waals surface area contributed by atoms with Crippen LogP contribution in [0.4, 0.5) is 0 Å². The van der Waals surface area contributed by atoms with Crippen molar-refractivity contribution in [2.24, 2.45) is 7.05 Å². The zero-order valence-corrected chi connectivity index (χ0v) is 19.6. The molecule has 1 aliphatic carbocycles. The third-order valence-electron chi connectivity index (χ3n) is 7.23. The first-order valence-electron chi connectivity index (χ1n) is 11.7. The van der Waals surface area contributed by atoms with Crippen molar-refractivity contribution in [3.05, 3.63) is 53.0 Å². The normalized spacial score (nSPS) is 18.4. The van der Waals surface area contributed by atoms with Gasteiger partial charge in [0.05, 0.1) is 28.5 Å². The predicted octanol–water partition coefficient (Wildman–Crippen LogP) is 2.96. The van der Waals surface area contributed by atoms with E-state index >= 15 is 0 Å². The number of fused-ring (bicyclic) bond motifs is 6. The van der Waals surface area contributed by atoms with E-state index in [1.165, 1.54) is 28.1 Å². The molecule has 7 heteroatoms. The van der Waals surface area contributed by atoms with Gasteiger partial charge in [0.25, 0.3) is 5.91 Å². The molecule has 3 aromatic rings. The fourth-order valence-corrected chi connectivity index (χ4v) is 6.03. The van der Waals surface area contributed by atoms with Crippen LogP contribution in [0.15, 0.2) is 30.6 Å². The molecule has 1 amide bonds. The van der Waals surface area contributed by atoms with Crippen LogP contribution >= 0.6 is 0 Å². The van der Waals surface area contributed by atoms with Crippen LogP contribution < -0.4 is 10.1 Å². The highest BCUT2D eigenvalue weighted by molar-refractivity contribution is 6.01. The largest absolute Gasteiger partial charge is 0.475 e. The van der Waals surface area contributed by atoms with E-state index < -0.39 is 0 Å². The minimum absolute atomic E-state index is 0.0102. The summed E-state index contributed by atoms with van der Waals surface area (Å²) in [7, 11) is 4.27. The lowest BCUT2D eigenvalue weighted by molar-refractivity contribution is 0.0671. The quantitative estimate of drug-likeness (QED) is 0.674. The Morgan fingerprint density at radius 2 is 1.94 bits per heavy atom. The van der Waals surface area contributed by atoms with Crippen LogP contribution in [0.5, 0.6) is 5.88 Å². The second-order valence-corrected chi connectivity index (χ2v) is 10.0. The molecule has 0 unspecified atom stereocenters. The van der Waals surface area contributed by atoms with Crippen molar-refractivity contribution in [3.63, 3.8) is 0 Å². The first-order valence-corrected chi connectivity index (χ1v) is 11.7. The summed E-state index contributed by atoms with van der Waals surface area (Å²) in [5.74, 6) is 0.690. The van der Waals surface area contributed by atoms with Crippen LogP contribution in [0.1, 0.15) is 41.0 Å². The van der Waals surface area contributed by atoms with Crippen LogP contribution in [0.3, 0.4) is 0 Å². The Balaban J connectivity index is 1.46. The third kappa shape index (κ3) is 3.02. The molecule has 2 aliphatic heterocycles. The Hall–Kier alpha value is -3.19. The number of pyridine rings is 2. The number of nitrogens with one attached hydrogen (secondary N) is 1. The topological polar surface area (TPSA) is 72.3 Å². The summed E-state index contributed by atoms with van der Waals surface area (Å²) in [6.45, 7) is 6.64. The number of ether oxygens (including phenoxy) is 1. The van der Waals surface area contributed by atoms with Crippen molar-refractivity contribution in [2.75, 3.05) is 26.7 Å². The first-order chi connectivity index (χ1) is 15.9. The zero-order valence-electron chi connectivity index (χ0n) is 19.6. The summed E-state index contributed by atoms with van der Waals surface area (Å²) in [4.78, 5) is 24.5. The molecule has 1 N–H and O–H groups in total. The number of aromatic nitrogens is 3. The fourth-order valence-electron chi connectivity index (χ4n) is 6.03. The van der Waals surface area contributed by atoms with Crippen molar-refractivity contribution in [3.8, 4) is 28.4 Å². The van der Waals surface area contributed by atoms with E-state index in [1.54, 1.807) is 0 Å². The number of likely N-dealkylation sites (N-methyl/N-ethyl adjacent to an activating group) is 1. The molecule has 0 aromatic carbocycles. The van der Waals surface area contributed by atoms with Gasteiger partial charge in [-0.3, -0.25) is 9.78 Å². The average Bonchev–Trinajstić information content (AvgIpc) is 3.09. The highest BCUT2D eigenvalue weighted by Crippen LogP contribution is 2.46. The molecule has 170 valence electrons. The van der Waals surface area contributed by atoms with Gasteiger partial charge in [0, 0.05) is 62.0 Å². The molecule has 6 rings (SSSR count). The molecular weight excluding hydrogens is 414 g/mol. The second-order valence-electron chi connectivity index (χ2n) is 10.0. The van der Waals surface area contributed by atoms with Crippen molar-refractivity contribution in [1.29, 1.82) is 0 Å². The number of carbonyl (C=O) groups is 1. The number of nitrogens with zero attached hydrogens (tertiary/aromatic N) is 4. The Morgan fingerprint density at radius 3 is 2.64 bits per heavy atom. The van der Waals surface area contributed by atoms with Crippen molar-refractivity contribution >= 4 is 5.91 Å². The van der Waals surface area contributed by atoms with Crippen LogP contribution in [-0.2, 0) is 25.3 Å². The van der Waals surface area contributed by atoms with E-state index in [0.29, 0.717) is 12.4 Å². The molecule has 0 atom stereocenters. The molecule has 0 saturated carbocycles. The highest BCUT2D eigenvalue weighted by atomic mass is 16.5. The third-order valence-corrected chi connectivity index (χ3v) is 7.23. The highest BCUT2D eigenvalue weighted by Gasteiger charge is 2.51. The maximum Gasteiger partial charge on any atom is 0.253 e. The van der Waals surface area contributed by atoms with E-state index in [1.807, 2.05) is 38.4 Å².